The van der Waals surface area contributed by atoms with Crippen LogP contribution in [-0.4, -0.2) is 74.2 Å². The minimum absolute atomic E-state index is 0.0840. The van der Waals surface area contributed by atoms with E-state index in [1.54, 1.807) is 24.7 Å². The van der Waals surface area contributed by atoms with Crippen LogP contribution in [0.15, 0.2) is 12.7 Å². The smallest absolute Gasteiger partial charge is 0.176 e. The predicted molar refractivity (Wildman–Crippen MR) is 110 cm³/mol. The summed E-state index contributed by atoms with van der Waals surface area (Å²) in [6.45, 7) is 10.9. The van der Waals surface area contributed by atoms with Gasteiger partial charge in [-0.15, -0.1) is 0 Å². The number of nitrogens with zero attached hydrogens (tertiary/aromatic N) is 5. The molecule has 3 heterocycles. The van der Waals surface area contributed by atoms with Gasteiger partial charge in [0.05, 0.1) is 19.0 Å². The molecule has 0 spiro atoms. The lowest BCUT2D eigenvalue weighted by atomic mass is 10.1. The lowest BCUT2D eigenvalue weighted by molar-refractivity contribution is -0.273. The molecule has 29 heavy (non-hydrogen) atoms. The third kappa shape index (κ3) is 5.01. The van der Waals surface area contributed by atoms with Gasteiger partial charge in [-0.25, -0.2) is 15.0 Å². The number of ether oxygens (including phenoxy) is 2. The van der Waals surface area contributed by atoms with E-state index in [0.29, 0.717) is 35.9 Å². The van der Waals surface area contributed by atoms with Crippen molar-refractivity contribution < 1.29 is 14.6 Å². The lowest BCUT2D eigenvalue weighted by Crippen LogP contribution is -2.45. The van der Waals surface area contributed by atoms with E-state index in [4.69, 9.17) is 20.9 Å². The first-order valence-corrected chi connectivity index (χ1v) is 10.0. The van der Waals surface area contributed by atoms with Crippen molar-refractivity contribution in [1.29, 1.82) is 0 Å². The molecule has 162 valence electrons. The molecule has 10 heteroatoms. The van der Waals surface area contributed by atoms with Crippen LogP contribution >= 0.6 is 0 Å². The molecule has 2 atom stereocenters. The third-order valence-electron chi connectivity index (χ3n) is 4.86. The molecular formula is C19H33N7O3. The summed E-state index contributed by atoms with van der Waals surface area (Å²) >= 11 is 0. The van der Waals surface area contributed by atoms with Gasteiger partial charge in [0.1, 0.15) is 11.8 Å². The van der Waals surface area contributed by atoms with Crippen LogP contribution in [0.2, 0.25) is 0 Å². The van der Waals surface area contributed by atoms with Gasteiger partial charge in [0.15, 0.2) is 23.0 Å². The molecule has 1 fully saturated rings. The number of nitrogen functional groups attached to an aromatic ring is 1. The molecule has 0 saturated carbocycles. The first kappa shape index (κ1) is 21.8. The van der Waals surface area contributed by atoms with Gasteiger partial charge in [-0.3, -0.25) is 9.47 Å². The molecule has 0 aromatic carbocycles. The number of hydrogen-bond acceptors (Lipinski definition) is 9. The molecule has 10 nitrogen and oxygen atoms in total. The fourth-order valence-corrected chi connectivity index (χ4v) is 3.99. The van der Waals surface area contributed by atoms with Crippen molar-refractivity contribution in [3.63, 3.8) is 0 Å². The summed E-state index contributed by atoms with van der Waals surface area (Å²) in [5, 5.41) is 10.4. The van der Waals surface area contributed by atoms with Gasteiger partial charge in [0.2, 0.25) is 0 Å². The number of nitrogens with two attached hydrogens (primary N) is 2. The molecule has 1 saturated heterocycles. The number of aromatic nitrogens is 4. The monoisotopic (exact) mass is 407 g/mol. The second-order valence-electron chi connectivity index (χ2n) is 8.62. The highest BCUT2D eigenvalue weighted by atomic mass is 16.7. The number of fused-ring (bicyclic) bond motifs is 1. The van der Waals surface area contributed by atoms with Crippen molar-refractivity contribution in [2.75, 3.05) is 38.5 Å². The van der Waals surface area contributed by atoms with Crippen LogP contribution in [0.1, 0.15) is 34.1 Å². The van der Waals surface area contributed by atoms with Crippen molar-refractivity contribution in [1.82, 2.24) is 24.4 Å². The summed E-state index contributed by atoms with van der Waals surface area (Å²) in [4.78, 5) is 15.0. The average molecular weight is 408 g/mol. The SMILES string of the molecule is CC(C)CN(CCN)CC1CC(OC(C)(C)O)(n2cnc3c(N)ncnc32)CO1. The molecule has 1 aliphatic heterocycles. The van der Waals surface area contributed by atoms with Crippen molar-refractivity contribution in [2.24, 2.45) is 11.7 Å². The minimum atomic E-state index is -1.37. The molecule has 5 N–H and O–H groups in total. The molecule has 0 aliphatic carbocycles. The predicted octanol–water partition coefficient (Wildman–Crippen LogP) is 0.512. The van der Waals surface area contributed by atoms with Gasteiger partial charge in [-0.1, -0.05) is 13.8 Å². The average Bonchev–Trinajstić information content (AvgIpc) is 3.19. The first-order valence-electron chi connectivity index (χ1n) is 10.0. The van der Waals surface area contributed by atoms with Crippen LogP contribution in [0.4, 0.5) is 5.82 Å². The topological polar surface area (TPSA) is 138 Å². The lowest BCUT2D eigenvalue weighted by Gasteiger charge is -2.35. The Labute approximate surface area is 171 Å². The molecule has 0 radical (unpaired) electrons. The van der Waals surface area contributed by atoms with Gasteiger partial charge < -0.3 is 26.0 Å². The summed E-state index contributed by atoms with van der Waals surface area (Å²) in [6, 6.07) is 0. The summed E-state index contributed by atoms with van der Waals surface area (Å²) < 4.78 is 14.1. The van der Waals surface area contributed by atoms with Gasteiger partial charge in [-0.2, -0.15) is 0 Å². The quantitative estimate of drug-likeness (QED) is 0.508. The highest BCUT2D eigenvalue weighted by Gasteiger charge is 2.47. The standard InChI is InChI=1S/C19H33N7O3/c1-13(2)8-25(6-5-20)9-14-7-19(10-28-14,29-18(3,4)27)26-12-24-15-16(21)22-11-23-17(15)26/h11-14,27H,5-10,20H2,1-4H3,(H2,21,22,23). The molecular weight excluding hydrogens is 374 g/mol. The van der Waals surface area contributed by atoms with E-state index in [-0.39, 0.29) is 12.7 Å². The number of rotatable bonds is 9. The highest BCUT2D eigenvalue weighted by molar-refractivity contribution is 5.81. The van der Waals surface area contributed by atoms with Crippen LogP contribution in [0.3, 0.4) is 0 Å². The zero-order valence-corrected chi connectivity index (χ0v) is 17.7. The third-order valence-corrected chi connectivity index (χ3v) is 4.86. The van der Waals surface area contributed by atoms with Gasteiger partial charge >= 0.3 is 0 Å². The Kier molecular flexibility index (Phi) is 6.39. The van der Waals surface area contributed by atoms with Crippen LogP contribution in [0.25, 0.3) is 11.2 Å². The maximum Gasteiger partial charge on any atom is 0.176 e. The van der Waals surface area contributed by atoms with Crippen LogP contribution < -0.4 is 11.5 Å². The Morgan fingerprint density at radius 2 is 2.17 bits per heavy atom. The van der Waals surface area contributed by atoms with E-state index in [9.17, 15) is 5.11 Å². The second-order valence-corrected chi connectivity index (χ2v) is 8.62. The van der Waals surface area contributed by atoms with E-state index in [1.165, 1.54) is 6.33 Å². The molecule has 2 unspecified atom stereocenters. The molecule has 1 aliphatic rings. The fourth-order valence-electron chi connectivity index (χ4n) is 3.99. The van der Waals surface area contributed by atoms with Gasteiger partial charge in [0.25, 0.3) is 0 Å². The van der Waals surface area contributed by atoms with Crippen LogP contribution in [0, 0.1) is 5.92 Å². The number of imidazole rings is 1. The summed E-state index contributed by atoms with van der Waals surface area (Å²) in [5.74, 6) is -0.547. The van der Waals surface area contributed by atoms with E-state index < -0.39 is 11.5 Å². The van der Waals surface area contributed by atoms with Crippen molar-refractivity contribution >= 4 is 17.0 Å². The molecule has 0 amide bonds. The fraction of sp³-hybridized carbons (Fsp3) is 0.737. The molecule has 3 rings (SSSR count). The Balaban J connectivity index is 1.89. The Hall–Kier alpha value is -1.85. The van der Waals surface area contributed by atoms with Crippen molar-refractivity contribution in [3.8, 4) is 0 Å². The maximum atomic E-state index is 10.4. The summed E-state index contributed by atoms with van der Waals surface area (Å²) in [6.07, 6.45) is 3.47. The van der Waals surface area contributed by atoms with E-state index in [2.05, 4.69) is 33.7 Å². The Bertz CT molecular complexity index is 820. The van der Waals surface area contributed by atoms with E-state index in [0.717, 1.165) is 19.6 Å². The second kappa shape index (κ2) is 8.49. The largest absolute Gasteiger partial charge is 0.382 e. The van der Waals surface area contributed by atoms with Crippen LogP contribution in [0.5, 0.6) is 0 Å². The van der Waals surface area contributed by atoms with Gasteiger partial charge in [0, 0.05) is 32.6 Å². The number of hydrogen-bond donors (Lipinski definition) is 3. The normalized spacial score (nSPS) is 23.0. The zero-order chi connectivity index (χ0) is 21.2. The molecule has 2 aromatic heterocycles. The summed E-state index contributed by atoms with van der Waals surface area (Å²) in [5.41, 5.74) is 11.8. The molecule has 0 bridgehead atoms. The number of anilines is 1. The Morgan fingerprint density at radius 3 is 2.83 bits per heavy atom. The van der Waals surface area contributed by atoms with Gasteiger partial charge in [-0.05, 0) is 19.8 Å². The van der Waals surface area contributed by atoms with E-state index >= 15 is 0 Å². The van der Waals surface area contributed by atoms with E-state index in [1.807, 2.05) is 0 Å². The first-order chi connectivity index (χ1) is 13.6. The Morgan fingerprint density at radius 1 is 1.41 bits per heavy atom. The van der Waals surface area contributed by atoms with Crippen LogP contribution in [-0.2, 0) is 15.2 Å². The highest BCUT2D eigenvalue weighted by Crippen LogP contribution is 2.38. The summed E-state index contributed by atoms with van der Waals surface area (Å²) in [7, 11) is 0. The minimum Gasteiger partial charge on any atom is -0.382 e. The van der Waals surface area contributed by atoms with Crippen molar-refractivity contribution in [2.45, 2.75) is 51.7 Å². The molecule has 2 aromatic rings. The van der Waals surface area contributed by atoms with Crippen molar-refractivity contribution in [3.05, 3.63) is 12.7 Å². The number of aliphatic hydroxyl groups is 1. The zero-order valence-electron chi connectivity index (χ0n) is 17.7. The maximum absolute atomic E-state index is 10.4.